The van der Waals surface area contributed by atoms with Crippen LogP contribution in [0.1, 0.15) is 72.9 Å². The number of benzene rings is 2. The van der Waals surface area contributed by atoms with Gasteiger partial charge < -0.3 is 20.4 Å². The van der Waals surface area contributed by atoms with Gasteiger partial charge in [0, 0.05) is 18.3 Å². The van der Waals surface area contributed by atoms with E-state index in [9.17, 15) is 14.4 Å². The highest BCUT2D eigenvalue weighted by atomic mass is 16.4. The van der Waals surface area contributed by atoms with E-state index in [1.54, 1.807) is 37.4 Å². The van der Waals surface area contributed by atoms with Crippen LogP contribution in [0, 0.1) is 0 Å². The maximum Gasteiger partial charge on any atom is 0.266 e. The summed E-state index contributed by atoms with van der Waals surface area (Å²) >= 11 is 0. The smallest absolute Gasteiger partial charge is 0.266 e. The number of oxazole rings is 1. The summed E-state index contributed by atoms with van der Waals surface area (Å²) in [5.74, 6) is -1.03. The maximum atomic E-state index is 13.7. The first kappa shape index (κ1) is 24.4. The van der Waals surface area contributed by atoms with Gasteiger partial charge in [0.2, 0.25) is 11.7 Å². The molecular formula is C27H32N4O4. The Hall–Kier alpha value is -3.68. The van der Waals surface area contributed by atoms with E-state index in [1.165, 1.54) is 0 Å². The van der Waals surface area contributed by atoms with Crippen molar-refractivity contribution in [3.05, 3.63) is 60.0 Å². The summed E-state index contributed by atoms with van der Waals surface area (Å²) in [6.45, 7) is 1.95. The lowest BCUT2D eigenvalue weighted by Gasteiger charge is -2.37. The lowest BCUT2D eigenvalue weighted by molar-refractivity contribution is -0.129. The van der Waals surface area contributed by atoms with Gasteiger partial charge in [-0.1, -0.05) is 50.8 Å². The standard InChI is InChI=1S/C27H32N4O4/c1-3-10-21(23(32)25-29-20-13-5-6-14-22(20)35-25)30-26(34)27(15-7-4-8-16-27)31-24(33)18-11-9-12-19(17-18)28-2/h5-6,9,11-14,17,21,28H,3-4,7-8,10,15-16H2,1-2H3,(H,30,34)(H,31,33)/t21-/m0/s1. The lowest BCUT2D eigenvalue weighted by Crippen LogP contribution is -2.62. The number of nitrogens with one attached hydrogen (secondary N) is 3. The predicted molar refractivity (Wildman–Crippen MR) is 134 cm³/mol. The minimum atomic E-state index is -1.07. The molecule has 2 amide bonds. The highest BCUT2D eigenvalue weighted by Crippen LogP contribution is 2.30. The Morgan fingerprint density at radius 2 is 1.83 bits per heavy atom. The molecule has 0 unspecified atom stereocenters. The molecule has 8 heteroatoms. The molecule has 184 valence electrons. The zero-order valence-electron chi connectivity index (χ0n) is 20.2. The van der Waals surface area contributed by atoms with Crippen LogP contribution in [0.5, 0.6) is 0 Å². The van der Waals surface area contributed by atoms with Crippen molar-refractivity contribution in [2.24, 2.45) is 0 Å². The molecule has 0 spiro atoms. The Kier molecular flexibility index (Phi) is 7.48. The van der Waals surface area contributed by atoms with Gasteiger partial charge in [-0.2, -0.15) is 0 Å². The van der Waals surface area contributed by atoms with Crippen molar-refractivity contribution in [3.8, 4) is 0 Å². The summed E-state index contributed by atoms with van der Waals surface area (Å²) in [5.41, 5.74) is 1.34. The Morgan fingerprint density at radius 1 is 1.06 bits per heavy atom. The molecule has 1 aliphatic rings. The summed E-state index contributed by atoms with van der Waals surface area (Å²) < 4.78 is 5.67. The molecule has 0 bridgehead atoms. The molecular weight excluding hydrogens is 444 g/mol. The number of ketones is 1. The van der Waals surface area contributed by atoms with Gasteiger partial charge in [0.05, 0.1) is 6.04 Å². The highest BCUT2D eigenvalue weighted by Gasteiger charge is 2.42. The fourth-order valence-electron chi connectivity index (χ4n) is 4.65. The highest BCUT2D eigenvalue weighted by molar-refractivity contribution is 6.03. The van der Waals surface area contributed by atoms with Crippen molar-refractivity contribution < 1.29 is 18.8 Å². The summed E-state index contributed by atoms with van der Waals surface area (Å²) in [5, 5.41) is 8.98. The third kappa shape index (κ3) is 5.37. The van der Waals surface area contributed by atoms with E-state index in [4.69, 9.17) is 4.42 Å². The van der Waals surface area contributed by atoms with Crippen molar-refractivity contribution >= 4 is 34.4 Å². The number of anilines is 1. The van der Waals surface area contributed by atoms with Gasteiger partial charge in [-0.3, -0.25) is 14.4 Å². The van der Waals surface area contributed by atoms with Gasteiger partial charge in [-0.05, 0) is 49.6 Å². The number of carbonyl (C=O) groups excluding carboxylic acids is 3. The molecule has 3 N–H and O–H groups in total. The van der Waals surface area contributed by atoms with Crippen LogP contribution < -0.4 is 16.0 Å². The van der Waals surface area contributed by atoms with Crippen molar-refractivity contribution in [2.75, 3.05) is 12.4 Å². The quantitative estimate of drug-likeness (QED) is 0.393. The van der Waals surface area contributed by atoms with Gasteiger partial charge in [-0.25, -0.2) is 4.98 Å². The van der Waals surface area contributed by atoms with Gasteiger partial charge in [0.15, 0.2) is 5.58 Å². The number of Topliss-reactive ketones (excluding diaryl/α,β-unsaturated/α-hetero) is 1. The SMILES string of the molecule is CCC[C@H](NC(=O)C1(NC(=O)c2cccc(NC)c2)CCCCC1)C(=O)c1nc2ccccc2o1. The normalized spacial score (nSPS) is 15.8. The van der Waals surface area contributed by atoms with Gasteiger partial charge in [-0.15, -0.1) is 0 Å². The monoisotopic (exact) mass is 476 g/mol. The molecule has 0 saturated heterocycles. The number of rotatable bonds is 9. The van der Waals surface area contributed by atoms with Crippen molar-refractivity contribution in [3.63, 3.8) is 0 Å². The second-order valence-electron chi connectivity index (χ2n) is 9.09. The third-order valence-electron chi connectivity index (χ3n) is 6.61. The van der Waals surface area contributed by atoms with E-state index in [1.807, 2.05) is 25.1 Å². The van der Waals surface area contributed by atoms with E-state index in [0.717, 1.165) is 24.9 Å². The molecule has 1 aliphatic carbocycles. The second kappa shape index (κ2) is 10.7. The molecule has 4 rings (SSSR count). The van der Waals surface area contributed by atoms with Crippen LogP contribution in [0.2, 0.25) is 0 Å². The fraction of sp³-hybridized carbons (Fsp3) is 0.407. The van der Waals surface area contributed by atoms with E-state index in [-0.39, 0.29) is 23.5 Å². The number of carbonyl (C=O) groups is 3. The summed E-state index contributed by atoms with van der Waals surface area (Å²) in [6, 6.07) is 13.5. The van der Waals surface area contributed by atoms with Crippen LogP contribution in [0.15, 0.2) is 52.9 Å². The number of hydrogen-bond acceptors (Lipinski definition) is 6. The topological polar surface area (TPSA) is 113 Å². The first-order valence-corrected chi connectivity index (χ1v) is 12.3. The Balaban J connectivity index is 1.55. The molecule has 1 fully saturated rings. The molecule has 0 aliphatic heterocycles. The van der Waals surface area contributed by atoms with Crippen molar-refractivity contribution in [1.29, 1.82) is 0 Å². The average Bonchev–Trinajstić information content (AvgIpc) is 3.33. The molecule has 1 heterocycles. The molecule has 1 saturated carbocycles. The van der Waals surface area contributed by atoms with E-state index in [0.29, 0.717) is 42.3 Å². The largest absolute Gasteiger partial charge is 0.434 e. The Bertz CT molecular complexity index is 1180. The number of para-hydroxylation sites is 2. The molecule has 0 radical (unpaired) electrons. The fourth-order valence-corrected chi connectivity index (χ4v) is 4.65. The molecule has 35 heavy (non-hydrogen) atoms. The first-order valence-electron chi connectivity index (χ1n) is 12.3. The summed E-state index contributed by atoms with van der Waals surface area (Å²) in [6.07, 6.45) is 4.81. The van der Waals surface area contributed by atoms with E-state index < -0.39 is 11.6 Å². The summed E-state index contributed by atoms with van der Waals surface area (Å²) in [4.78, 5) is 44.4. The maximum absolute atomic E-state index is 13.7. The Labute approximate surface area is 204 Å². The number of amides is 2. The predicted octanol–water partition coefficient (Wildman–Crippen LogP) is 4.47. The average molecular weight is 477 g/mol. The second-order valence-corrected chi connectivity index (χ2v) is 9.09. The third-order valence-corrected chi connectivity index (χ3v) is 6.61. The first-order chi connectivity index (χ1) is 17.0. The van der Waals surface area contributed by atoms with Gasteiger partial charge >= 0.3 is 0 Å². The molecule has 3 aromatic rings. The van der Waals surface area contributed by atoms with Crippen molar-refractivity contribution in [1.82, 2.24) is 15.6 Å². The Morgan fingerprint density at radius 3 is 2.54 bits per heavy atom. The van der Waals surface area contributed by atoms with Crippen molar-refractivity contribution in [2.45, 2.75) is 63.5 Å². The van der Waals surface area contributed by atoms with Crippen LogP contribution in [-0.2, 0) is 4.79 Å². The van der Waals surface area contributed by atoms with Crippen LogP contribution in [0.25, 0.3) is 11.1 Å². The molecule has 1 atom stereocenters. The lowest BCUT2D eigenvalue weighted by atomic mass is 9.80. The zero-order chi connectivity index (χ0) is 24.8. The number of nitrogens with zero attached hydrogens (tertiary/aromatic N) is 1. The molecule has 8 nitrogen and oxygen atoms in total. The van der Waals surface area contributed by atoms with E-state index >= 15 is 0 Å². The van der Waals surface area contributed by atoms with Crippen LogP contribution >= 0.6 is 0 Å². The molecule has 2 aromatic carbocycles. The van der Waals surface area contributed by atoms with Crippen LogP contribution in [0.4, 0.5) is 5.69 Å². The minimum absolute atomic E-state index is 0.0180. The summed E-state index contributed by atoms with van der Waals surface area (Å²) in [7, 11) is 1.79. The zero-order valence-corrected chi connectivity index (χ0v) is 20.2. The molecule has 1 aromatic heterocycles. The number of fused-ring (bicyclic) bond motifs is 1. The van der Waals surface area contributed by atoms with Crippen LogP contribution in [-0.4, -0.2) is 41.2 Å². The van der Waals surface area contributed by atoms with Gasteiger partial charge in [0.25, 0.3) is 11.8 Å². The number of hydrogen-bond donors (Lipinski definition) is 3. The van der Waals surface area contributed by atoms with Gasteiger partial charge in [0.1, 0.15) is 11.1 Å². The van der Waals surface area contributed by atoms with E-state index in [2.05, 4.69) is 20.9 Å². The van der Waals surface area contributed by atoms with Crippen LogP contribution in [0.3, 0.4) is 0 Å². The minimum Gasteiger partial charge on any atom is -0.434 e. The number of aromatic nitrogens is 1.